The van der Waals surface area contributed by atoms with E-state index in [1.807, 2.05) is 31.2 Å². The molecule has 0 saturated carbocycles. The number of nitrogens with one attached hydrogen (secondary N) is 1. The van der Waals surface area contributed by atoms with Crippen LogP contribution in [0, 0.1) is 0 Å². The van der Waals surface area contributed by atoms with Gasteiger partial charge in [-0.3, -0.25) is 4.79 Å². The first kappa shape index (κ1) is 18.1. The number of benzene rings is 2. The molecule has 1 aliphatic rings. The van der Waals surface area contributed by atoms with Crippen molar-refractivity contribution >= 4 is 23.6 Å². The quantitative estimate of drug-likeness (QED) is 0.804. The van der Waals surface area contributed by atoms with Crippen LogP contribution in [0.15, 0.2) is 42.5 Å². The van der Waals surface area contributed by atoms with Crippen LogP contribution < -0.4 is 19.5 Å². The lowest BCUT2D eigenvalue weighted by atomic mass is 10.1. The zero-order chi connectivity index (χ0) is 18.5. The van der Waals surface area contributed by atoms with Gasteiger partial charge in [-0.15, -0.1) is 0 Å². The molecular weight excluding hydrogens is 354 g/mol. The third-order valence-corrected chi connectivity index (χ3v) is 4.22. The monoisotopic (exact) mass is 373 g/mol. The van der Waals surface area contributed by atoms with Gasteiger partial charge in [0.25, 0.3) is 0 Å². The SMILES string of the molecule is COc1cc(/C=C/C(=O)NC(C)c2cccc(Cl)c2)cc2c1OCCO2. The van der Waals surface area contributed by atoms with Gasteiger partial charge in [0, 0.05) is 11.1 Å². The third-order valence-electron chi connectivity index (χ3n) is 3.98. The number of methoxy groups -OCH3 is 1. The molecular formula is C20H20ClNO4. The van der Waals surface area contributed by atoms with Crippen LogP contribution in [-0.4, -0.2) is 26.2 Å². The van der Waals surface area contributed by atoms with E-state index in [9.17, 15) is 4.79 Å². The van der Waals surface area contributed by atoms with Gasteiger partial charge in [-0.1, -0.05) is 23.7 Å². The lowest BCUT2D eigenvalue weighted by molar-refractivity contribution is -0.117. The molecule has 0 bridgehead atoms. The molecule has 1 heterocycles. The molecule has 0 spiro atoms. The van der Waals surface area contributed by atoms with Crippen LogP contribution in [0.2, 0.25) is 5.02 Å². The van der Waals surface area contributed by atoms with Crippen molar-refractivity contribution < 1.29 is 19.0 Å². The number of halogens is 1. The number of amides is 1. The molecule has 2 aromatic carbocycles. The van der Waals surface area contributed by atoms with Gasteiger partial charge in [-0.05, 0) is 48.4 Å². The predicted molar refractivity (Wildman–Crippen MR) is 101 cm³/mol. The molecule has 136 valence electrons. The standard InChI is InChI=1S/C20H20ClNO4/c1-13(15-4-3-5-16(21)12-15)22-19(23)7-6-14-10-17(24-2)20-18(11-14)25-8-9-26-20/h3-7,10-13H,8-9H2,1-2H3,(H,22,23)/b7-6+. The van der Waals surface area contributed by atoms with Gasteiger partial charge in [-0.2, -0.15) is 0 Å². The fourth-order valence-electron chi connectivity index (χ4n) is 2.68. The summed E-state index contributed by atoms with van der Waals surface area (Å²) in [7, 11) is 1.57. The predicted octanol–water partition coefficient (Wildman–Crippen LogP) is 4.01. The summed E-state index contributed by atoms with van der Waals surface area (Å²) in [5.74, 6) is 1.58. The number of rotatable bonds is 5. The Balaban J connectivity index is 1.70. The highest BCUT2D eigenvalue weighted by Crippen LogP contribution is 2.40. The molecule has 0 aliphatic carbocycles. The number of ether oxygens (including phenoxy) is 3. The van der Waals surface area contributed by atoms with E-state index >= 15 is 0 Å². The van der Waals surface area contributed by atoms with Gasteiger partial charge < -0.3 is 19.5 Å². The van der Waals surface area contributed by atoms with E-state index in [2.05, 4.69) is 5.32 Å². The van der Waals surface area contributed by atoms with Crippen molar-refractivity contribution in [3.8, 4) is 17.2 Å². The minimum Gasteiger partial charge on any atom is -0.493 e. The normalized spacial score (nSPS) is 14.1. The number of hydrogen-bond donors (Lipinski definition) is 1. The maximum atomic E-state index is 12.2. The summed E-state index contributed by atoms with van der Waals surface area (Å²) in [6.45, 7) is 2.88. The second-order valence-electron chi connectivity index (χ2n) is 5.87. The zero-order valence-corrected chi connectivity index (χ0v) is 15.4. The first-order valence-corrected chi connectivity index (χ1v) is 8.66. The molecule has 0 radical (unpaired) electrons. The van der Waals surface area contributed by atoms with Crippen LogP contribution >= 0.6 is 11.6 Å². The summed E-state index contributed by atoms with van der Waals surface area (Å²) in [6, 6.07) is 10.9. The number of hydrogen-bond acceptors (Lipinski definition) is 4. The Labute approximate surface area is 157 Å². The molecule has 1 aliphatic heterocycles. The van der Waals surface area contributed by atoms with E-state index in [4.69, 9.17) is 25.8 Å². The van der Waals surface area contributed by atoms with Gasteiger partial charge in [0.1, 0.15) is 13.2 Å². The van der Waals surface area contributed by atoms with Crippen molar-refractivity contribution in [2.24, 2.45) is 0 Å². The summed E-state index contributed by atoms with van der Waals surface area (Å²) in [5, 5.41) is 3.55. The molecule has 1 atom stereocenters. The smallest absolute Gasteiger partial charge is 0.244 e. The Kier molecular flexibility index (Phi) is 5.68. The van der Waals surface area contributed by atoms with Crippen LogP contribution in [0.1, 0.15) is 24.1 Å². The Morgan fingerprint density at radius 1 is 1.27 bits per heavy atom. The van der Waals surface area contributed by atoms with Crippen LogP contribution in [0.25, 0.3) is 6.08 Å². The van der Waals surface area contributed by atoms with E-state index in [-0.39, 0.29) is 11.9 Å². The molecule has 1 amide bonds. The molecule has 3 rings (SSSR count). The first-order valence-electron chi connectivity index (χ1n) is 8.28. The molecule has 0 fully saturated rings. The summed E-state index contributed by atoms with van der Waals surface area (Å²) in [6.07, 6.45) is 3.19. The van der Waals surface area contributed by atoms with Gasteiger partial charge in [0.05, 0.1) is 13.2 Å². The number of carbonyl (C=O) groups excluding carboxylic acids is 1. The number of carbonyl (C=O) groups is 1. The van der Waals surface area contributed by atoms with E-state index in [0.717, 1.165) is 11.1 Å². The minimum atomic E-state index is -0.202. The molecule has 5 nitrogen and oxygen atoms in total. The maximum Gasteiger partial charge on any atom is 0.244 e. The molecule has 1 N–H and O–H groups in total. The molecule has 2 aromatic rings. The average Bonchev–Trinajstić information content (AvgIpc) is 2.65. The zero-order valence-electron chi connectivity index (χ0n) is 14.6. The number of fused-ring (bicyclic) bond motifs is 1. The van der Waals surface area contributed by atoms with Crippen molar-refractivity contribution in [3.63, 3.8) is 0 Å². The Morgan fingerprint density at radius 2 is 2.08 bits per heavy atom. The average molecular weight is 374 g/mol. The van der Waals surface area contributed by atoms with Gasteiger partial charge in [0.2, 0.25) is 11.7 Å². The topological polar surface area (TPSA) is 56.8 Å². The van der Waals surface area contributed by atoms with Crippen LogP contribution in [0.5, 0.6) is 17.2 Å². The summed E-state index contributed by atoms with van der Waals surface area (Å²) in [5.41, 5.74) is 1.73. The van der Waals surface area contributed by atoms with Crippen molar-refractivity contribution in [1.82, 2.24) is 5.32 Å². The van der Waals surface area contributed by atoms with Gasteiger partial charge in [0.15, 0.2) is 11.5 Å². The first-order chi connectivity index (χ1) is 12.6. The van der Waals surface area contributed by atoms with E-state index < -0.39 is 0 Å². The minimum absolute atomic E-state index is 0.152. The molecule has 0 saturated heterocycles. The highest BCUT2D eigenvalue weighted by molar-refractivity contribution is 6.30. The van der Waals surface area contributed by atoms with Gasteiger partial charge in [-0.25, -0.2) is 0 Å². The maximum absolute atomic E-state index is 12.2. The van der Waals surface area contributed by atoms with Crippen molar-refractivity contribution in [3.05, 3.63) is 58.6 Å². The molecule has 26 heavy (non-hydrogen) atoms. The van der Waals surface area contributed by atoms with E-state index in [1.165, 1.54) is 6.08 Å². The molecule has 0 aromatic heterocycles. The summed E-state index contributed by atoms with van der Waals surface area (Å²) in [4.78, 5) is 12.2. The van der Waals surface area contributed by atoms with Crippen LogP contribution in [0.4, 0.5) is 0 Å². The van der Waals surface area contributed by atoms with Gasteiger partial charge >= 0.3 is 0 Å². The van der Waals surface area contributed by atoms with Crippen molar-refractivity contribution in [1.29, 1.82) is 0 Å². The third kappa shape index (κ3) is 4.29. The Hall–Kier alpha value is -2.66. The summed E-state index contributed by atoms with van der Waals surface area (Å²) < 4.78 is 16.5. The largest absolute Gasteiger partial charge is 0.493 e. The van der Waals surface area contributed by atoms with E-state index in [1.54, 1.807) is 25.3 Å². The van der Waals surface area contributed by atoms with Crippen molar-refractivity contribution in [2.45, 2.75) is 13.0 Å². The fraction of sp³-hybridized carbons (Fsp3) is 0.250. The molecule has 6 heteroatoms. The lowest BCUT2D eigenvalue weighted by Crippen LogP contribution is -2.24. The Bertz CT molecular complexity index is 817. The second kappa shape index (κ2) is 8.15. The van der Waals surface area contributed by atoms with E-state index in [0.29, 0.717) is 35.5 Å². The summed E-state index contributed by atoms with van der Waals surface area (Å²) >= 11 is 5.99. The van der Waals surface area contributed by atoms with Crippen molar-refractivity contribution in [2.75, 3.05) is 20.3 Å². The second-order valence-corrected chi connectivity index (χ2v) is 6.30. The van der Waals surface area contributed by atoms with Crippen LogP contribution in [0.3, 0.4) is 0 Å². The molecule has 1 unspecified atom stereocenters. The van der Waals surface area contributed by atoms with Crippen LogP contribution in [-0.2, 0) is 4.79 Å². The Morgan fingerprint density at radius 3 is 2.85 bits per heavy atom. The fourth-order valence-corrected chi connectivity index (χ4v) is 2.88. The highest BCUT2D eigenvalue weighted by Gasteiger charge is 2.18. The lowest BCUT2D eigenvalue weighted by Gasteiger charge is -2.21. The highest BCUT2D eigenvalue weighted by atomic mass is 35.5.